The number of rotatable bonds is 4. The second-order valence-corrected chi connectivity index (χ2v) is 4.33. The molecule has 0 radical (unpaired) electrons. The second kappa shape index (κ2) is 5.24. The van der Waals surface area contributed by atoms with Crippen LogP contribution < -0.4 is 5.43 Å². The Bertz CT molecular complexity index is 645. The van der Waals surface area contributed by atoms with Gasteiger partial charge in [-0.25, -0.2) is 4.79 Å². The number of benzene rings is 1. The van der Waals surface area contributed by atoms with Gasteiger partial charge in [0.1, 0.15) is 0 Å². The van der Waals surface area contributed by atoms with Crippen LogP contribution >= 0.6 is 0 Å². The Morgan fingerprint density at radius 1 is 1.42 bits per heavy atom. The van der Waals surface area contributed by atoms with Crippen molar-refractivity contribution >= 4 is 5.97 Å². The number of ether oxygens (including phenoxy) is 1. The third-order valence-corrected chi connectivity index (χ3v) is 3.13. The standard InChI is InChI=1S/C14H15NO4/c1-9-13(14(17)18)12-7-11(16)4-3-10(12)8-15(9)5-6-19-2/h3-4,7-8H,5-6H2,1-2H3,(H,17,18). The first-order valence-electron chi connectivity index (χ1n) is 5.90. The fraction of sp³-hybridized carbons (Fsp3) is 0.286. The molecule has 19 heavy (non-hydrogen) atoms. The molecule has 1 heterocycles. The van der Waals surface area contributed by atoms with Crippen LogP contribution in [-0.4, -0.2) is 29.4 Å². The van der Waals surface area contributed by atoms with Gasteiger partial charge in [-0.15, -0.1) is 0 Å². The number of carboxylic acids is 1. The zero-order valence-electron chi connectivity index (χ0n) is 10.8. The number of hydrogen-bond donors (Lipinski definition) is 1. The van der Waals surface area contributed by atoms with Crippen LogP contribution in [-0.2, 0) is 11.3 Å². The summed E-state index contributed by atoms with van der Waals surface area (Å²) in [7, 11) is 1.60. The third kappa shape index (κ3) is 2.51. The minimum Gasteiger partial charge on any atom is -0.478 e. The summed E-state index contributed by atoms with van der Waals surface area (Å²) < 4.78 is 6.85. The van der Waals surface area contributed by atoms with Crippen molar-refractivity contribution in [3.63, 3.8) is 0 Å². The van der Waals surface area contributed by atoms with Gasteiger partial charge in [-0.2, -0.15) is 0 Å². The average Bonchev–Trinajstić information content (AvgIpc) is 2.36. The number of nitrogens with zero attached hydrogens (tertiary/aromatic N) is 1. The lowest BCUT2D eigenvalue weighted by atomic mass is 9.98. The average molecular weight is 261 g/mol. The molecule has 2 rings (SSSR count). The fourth-order valence-electron chi connectivity index (χ4n) is 2.16. The summed E-state index contributed by atoms with van der Waals surface area (Å²) in [5.41, 5.74) is 1.81. The van der Waals surface area contributed by atoms with E-state index in [1.165, 1.54) is 12.1 Å². The highest BCUT2D eigenvalue weighted by Crippen LogP contribution is 2.27. The van der Waals surface area contributed by atoms with E-state index in [2.05, 4.69) is 0 Å². The first kappa shape index (κ1) is 13.3. The Morgan fingerprint density at radius 2 is 2.16 bits per heavy atom. The summed E-state index contributed by atoms with van der Waals surface area (Å²) in [5, 5.41) is 9.36. The van der Waals surface area contributed by atoms with Crippen LogP contribution in [0.5, 0.6) is 0 Å². The molecule has 0 saturated carbocycles. The van der Waals surface area contributed by atoms with Gasteiger partial charge in [0.05, 0.1) is 12.2 Å². The summed E-state index contributed by atoms with van der Waals surface area (Å²) >= 11 is 0. The Morgan fingerprint density at radius 3 is 2.79 bits per heavy atom. The maximum atomic E-state index is 11.4. The lowest BCUT2D eigenvalue weighted by Gasteiger charge is -2.18. The van der Waals surface area contributed by atoms with E-state index in [1.54, 1.807) is 20.1 Å². The van der Waals surface area contributed by atoms with Crippen molar-refractivity contribution in [1.82, 2.24) is 4.57 Å². The Kier molecular flexibility index (Phi) is 3.66. The molecular weight excluding hydrogens is 246 g/mol. The SMILES string of the molecule is COCCn1cc2ccc(=O)cc-2c(C(=O)O)c1C. The molecule has 0 atom stereocenters. The van der Waals surface area contributed by atoms with Gasteiger partial charge < -0.3 is 14.4 Å². The van der Waals surface area contributed by atoms with Crippen molar-refractivity contribution in [3.8, 4) is 11.1 Å². The number of methoxy groups -OCH3 is 1. The van der Waals surface area contributed by atoms with Crippen molar-refractivity contribution in [3.05, 3.63) is 45.9 Å². The molecule has 0 saturated heterocycles. The quantitative estimate of drug-likeness (QED) is 0.907. The van der Waals surface area contributed by atoms with E-state index in [1.807, 2.05) is 10.8 Å². The summed E-state index contributed by atoms with van der Waals surface area (Å²) in [4.78, 5) is 22.8. The van der Waals surface area contributed by atoms with E-state index in [-0.39, 0.29) is 11.0 Å². The lowest BCUT2D eigenvalue weighted by Crippen LogP contribution is -2.16. The van der Waals surface area contributed by atoms with Crippen molar-refractivity contribution in [1.29, 1.82) is 0 Å². The van der Waals surface area contributed by atoms with E-state index >= 15 is 0 Å². The van der Waals surface area contributed by atoms with Crippen LogP contribution in [0.15, 0.2) is 29.2 Å². The molecule has 0 unspecified atom stereocenters. The molecule has 1 aliphatic carbocycles. The van der Waals surface area contributed by atoms with Gasteiger partial charge in [0.25, 0.3) is 0 Å². The molecule has 0 bridgehead atoms. The minimum absolute atomic E-state index is 0.173. The van der Waals surface area contributed by atoms with Crippen LogP contribution in [0.25, 0.3) is 11.1 Å². The van der Waals surface area contributed by atoms with Gasteiger partial charge in [-0.05, 0) is 30.7 Å². The summed E-state index contributed by atoms with van der Waals surface area (Å²) in [6.07, 6.45) is 1.84. The van der Waals surface area contributed by atoms with E-state index in [0.29, 0.717) is 24.4 Å². The molecule has 0 aromatic carbocycles. The van der Waals surface area contributed by atoms with Gasteiger partial charge in [0, 0.05) is 31.1 Å². The van der Waals surface area contributed by atoms with E-state index in [4.69, 9.17) is 4.74 Å². The zero-order valence-corrected chi connectivity index (χ0v) is 10.8. The molecule has 1 N–H and O–H groups in total. The monoisotopic (exact) mass is 261 g/mol. The summed E-state index contributed by atoms with van der Waals surface area (Å²) in [6, 6.07) is 4.45. The van der Waals surface area contributed by atoms with Gasteiger partial charge in [-0.1, -0.05) is 0 Å². The van der Waals surface area contributed by atoms with E-state index < -0.39 is 5.97 Å². The summed E-state index contributed by atoms with van der Waals surface area (Å²) in [5.74, 6) is -1.03. The molecule has 0 aromatic rings. The number of carboxylic acid groups (broad SMARTS) is 1. The molecule has 2 aliphatic rings. The Hall–Kier alpha value is -2.14. The molecule has 1 aliphatic heterocycles. The van der Waals surface area contributed by atoms with Crippen LogP contribution in [0, 0.1) is 6.92 Å². The molecule has 0 amide bonds. The maximum Gasteiger partial charge on any atom is 0.338 e. The van der Waals surface area contributed by atoms with Gasteiger partial charge in [-0.3, -0.25) is 4.79 Å². The topological polar surface area (TPSA) is 68.5 Å². The molecule has 0 fully saturated rings. The third-order valence-electron chi connectivity index (χ3n) is 3.13. The van der Waals surface area contributed by atoms with Crippen molar-refractivity contribution in [2.75, 3.05) is 13.7 Å². The highest BCUT2D eigenvalue weighted by molar-refractivity contribution is 5.97. The smallest absolute Gasteiger partial charge is 0.338 e. The molecule has 0 spiro atoms. The van der Waals surface area contributed by atoms with Crippen LogP contribution in [0.2, 0.25) is 0 Å². The normalized spacial score (nSPS) is 10.8. The molecule has 5 nitrogen and oxygen atoms in total. The van der Waals surface area contributed by atoms with E-state index in [0.717, 1.165) is 5.56 Å². The van der Waals surface area contributed by atoms with Gasteiger partial charge in [0.15, 0.2) is 5.43 Å². The highest BCUT2D eigenvalue weighted by Gasteiger charge is 2.19. The fourth-order valence-corrected chi connectivity index (χ4v) is 2.16. The first-order valence-corrected chi connectivity index (χ1v) is 5.90. The maximum absolute atomic E-state index is 11.4. The molecule has 0 aromatic heterocycles. The minimum atomic E-state index is -1.03. The molecular formula is C14H15NO4. The van der Waals surface area contributed by atoms with E-state index in [9.17, 15) is 14.7 Å². The lowest BCUT2D eigenvalue weighted by molar-refractivity contribution is 0.0695. The van der Waals surface area contributed by atoms with Crippen molar-refractivity contribution in [2.24, 2.45) is 0 Å². The largest absolute Gasteiger partial charge is 0.478 e. The number of fused-ring (bicyclic) bond motifs is 1. The Labute approximate surface area is 110 Å². The predicted octanol–water partition coefficient (Wildman–Crippen LogP) is 1.61. The number of hydrogen-bond acceptors (Lipinski definition) is 3. The van der Waals surface area contributed by atoms with Gasteiger partial charge in [0.2, 0.25) is 0 Å². The van der Waals surface area contributed by atoms with Crippen LogP contribution in [0.1, 0.15) is 16.1 Å². The Balaban J connectivity index is 2.71. The van der Waals surface area contributed by atoms with Crippen LogP contribution in [0.4, 0.5) is 0 Å². The number of aromatic carboxylic acids is 1. The highest BCUT2D eigenvalue weighted by atomic mass is 16.5. The van der Waals surface area contributed by atoms with Gasteiger partial charge >= 0.3 is 5.97 Å². The number of pyridine rings is 1. The first-order chi connectivity index (χ1) is 9.04. The predicted molar refractivity (Wildman–Crippen MR) is 70.9 cm³/mol. The zero-order chi connectivity index (χ0) is 14.0. The molecule has 100 valence electrons. The number of aromatic nitrogens is 1. The second-order valence-electron chi connectivity index (χ2n) is 4.33. The summed E-state index contributed by atoms with van der Waals surface area (Å²) in [6.45, 7) is 2.80. The van der Waals surface area contributed by atoms with Crippen LogP contribution in [0.3, 0.4) is 0 Å². The molecule has 5 heteroatoms. The van der Waals surface area contributed by atoms with Crippen molar-refractivity contribution < 1.29 is 14.6 Å². The van der Waals surface area contributed by atoms with Crippen molar-refractivity contribution in [2.45, 2.75) is 13.5 Å². The number of carbonyl (C=O) groups is 1.